The molecular weight excluding hydrogens is 413 g/mol. The highest BCUT2D eigenvalue weighted by Crippen LogP contribution is 2.34. The third-order valence-corrected chi connectivity index (χ3v) is 6.04. The normalized spacial score (nSPS) is 12.1. The van der Waals surface area contributed by atoms with Crippen LogP contribution in [0.5, 0.6) is 0 Å². The highest BCUT2D eigenvalue weighted by molar-refractivity contribution is 7.19. The Balaban J connectivity index is 1.76. The van der Waals surface area contributed by atoms with Crippen molar-refractivity contribution in [1.29, 1.82) is 0 Å². The van der Waals surface area contributed by atoms with E-state index in [0.29, 0.717) is 25.7 Å². The minimum atomic E-state index is -4.43. The van der Waals surface area contributed by atoms with Crippen molar-refractivity contribution in [3.63, 3.8) is 0 Å². The fourth-order valence-corrected chi connectivity index (χ4v) is 4.81. The maximum Gasteiger partial charge on any atom is 0.416 e. The average Bonchev–Trinajstić information content (AvgIpc) is 3.23. The Morgan fingerprint density at radius 2 is 1.93 bits per heavy atom. The molecule has 144 valence electrons. The molecule has 1 N–H and O–H groups in total. The van der Waals surface area contributed by atoms with Crippen molar-refractivity contribution in [1.82, 2.24) is 9.78 Å². The molecule has 0 unspecified atom stereocenters. The standard InChI is InChI=1S/C18H11F3N2O3S2/c19-18(20,21)10-1-2-15-9(3-10)4-11(28-15)6-23-17(26)13-8-27-7-12(13)14(22-23)5-16(24)25/h1-4,7-8H,5-6H2,(H,24,25). The van der Waals surface area contributed by atoms with Gasteiger partial charge >= 0.3 is 12.1 Å². The van der Waals surface area contributed by atoms with Crippen LogP contribution in [0.3, 0.4) is 0 Å². The molecule has 0 amide bonds. The van der Waals surface area contributed by atoms with E-state index >= 15 is 0 Å². The lowest BCUT2D eigenvalue weighted by Crippen LogP contribution is -2.25. The first-order chi connectivity index (χ1) is 13.2. The first-order valence-corrected chi connectivity index (χ1v) is 9.75. The molecule has 10 heteroatoms. The van der Waals surface area contributed by atoms with E-state index in [1.807, 2.05) is 0 Å². The minimum Gasteiger partial charge on any atom is -0.481 e. The molecule has 0 saturated carbocycles. The van der Waals surface area contributed by atoms with Gasteiger partial charge in [0.15, 0.2) is 0 Å². The summed E-state index contributed by atoms with van der Waals surface area (Å²) in [7, 11) is 0. The molecule has 5 nitrogen and oxygen atoms in total. The van der Waals surface area contributed by atoms with Crippen LogP contribution < -0.4 is 5.56 Å². The summed E-state index contributed by atoms with van der Waals surface area (Å²) < 4.78 is 40.5. The Bertz CT molecular complexity index is 1270. The van der Waals surface area contributed by atoms with Crippen molar-refractivity contribution < 1.29 is 23.1 Å². The van der Waals surface area contributed by atoms with Gasteiger partial charge in [-0.25, -0.2) is 4.68 Å². The first-order valence-electron chi connectivity index (χ1n) is 8.00. The number of halogens is 3. The smallest absolute Gasteiger partial charge is 0.416 e. The fourth-order valence-electron chi connectivity index (χ4n) is 2.95. The molecular formula is C18H11F3N2O3S2. The second-order valence-corrected chi connectivity index (χ2v) is 8.05. The third kappa shape index (κ3) is 3.40. The number of thiophene rings is 2. The van der Waals surface area contributed by atoms with E-state index in [0.717, 1.165) is 12.1 Å². The van der Waals surface area contributed by atoms with Gasteiger partial charge in [0.25, 0.3) is 5.56 Å². The van der Waals surface area contributed by atoms with Gasteiger partial charge < -0.3 is 5.11 Å². The minimum absolute atomic E-state index is 0.0535. The quantitative estimate of drug-likeness (QED) is 0.528. The molecule has 4 aromatic rings. The lowest BCUT2D eigenvalue weighted by Gasteiger charge is -2.07. The number of rotatable bonds is 4. The highest BCUT2D eigenvalue weighted by atomic mass is 32.1. The molecule has 3 heterocycles. The van der Waals surface area contributed by atoms with Gasteiger partial charge in [0.1, 0.15) is 0 Å². The predicted octanol–water partition coefficient (Wildman–Crippen LogP) is 4.37. The average molecular weight is 424 g/mol. The van der Waals surface area contributed by atoms with E-state index in [4.69, 9.17) is 5.11 Å². The van der Waals surface area contributed by atoms with Crippen LogP contribution in [0.1, 0.15) is 16.1 Å². The van der Waals surface area contributed by atoms with Gasteiger partial charge in [-0.05, 0) is 29.7 Å². The van der Waals surface area contributed by atoms with Crippen LogP contribution in [0.4, 0.5) is 13.2 Å². The Morgan fingerprint density at radius 3 is 2.64 bits per heavy atom. The van der Waals surface area contributed by atoms with Crippen LogP contribution in [0.2, 0.25) is 0 Å². The number of carbonyl (C=O) groups is 1. The Hall–Kier alpha value is -2.72. The van der Waals surface area contributed by atoms with Gasteiger partial charge in [-0.3, -0.25) is 9.59 Å². The van der Waals surface area contributed by atoms with Gasteiger partial charge in [0, 0.05) is 25.7 Å². The number of carboxylic acids is 1. The summed E-state index contributed by atoms with van der Waals surface area (Å²) in [5, 5.41) is 17.9. The number of hydrogen-bond acceptors (Lipinski definition) is 5. The maximum atomic E-state index is 12.9. The number of nitrogens with zero attached hydrogens (tertiary/aromatic N) is 2. The summed E-state index contributed by atoms with van der Waals surface area (Å²) in [5.41, 5.74) is -0.814. The van der Waals surface area contributed by atoms with Crippen molar-refractivity contribution in [2.24, 2.45) is 0 Å². The van der Waals surface area contributed by atoms with Crippen LogP contribution in [0, 0.1) is 0 Å². The monoisotopic (exact) mass is 424 g/mol. The Kier molecular flexibility index (Phi) is 4.47. The molecule has 0 atom stereocenters. The number of alkyl halides is 3. The summed E-state index contributed by atoms with van der Waals surface area (Å²) in [6, 6.07) is 5.09. The van der Waals surface area contributed by atoms with Crippen LogP contribution >= 0.6 is 22.7 Å². The predicted molar refractivity (Wildman–Crippen MR) is 101 cm³/mol. The van der Waals surface area contributed by atoms with Crippen molar-refractivity contribution in [2.45, 2.75) is 19.1 Å². The van der Waals surface area contributed by atoms with E-state index in [1.54, 1.807) is 16.8 Å². The number of hydrogen-bond donors (Lipinski definition) is 1. The van der Waals surface area contributed by atoms with Crippen molar-refractivity contribution in [3.05, 3.63) is 61.5 Å². The summed E-state index contributed by atoms with van der Waals surface area (Å²) in [6.07, 6.45) is -4.75. The number of aromatic nitrogens is 2. The first kappa shape index (κ1) is 18.6. The molecule has 0 radical (unpaired) electrons. The summed E-state index contributed by atoms with van der Waals surface area (Å²) in [5.74, 6) is -1.06. The summed E-state index contributed by atoms with van der Waals surface area (Å²) >= 11 is 2.55. The van der Waals surface area contributed by atoms with E-state index < -0.39 is 17.7 Å². The largest absolute Gasteiger partial charge is 0.481 e. The van der Waals surface area contributed by atoms with Crippen LogP contribution in [-0.4, -0.2) is 20.9 Å². The van der Waals surface area contributed by atoms with E-state index in [9.17, 15) is 22.8 Å². The van der Waals surface area contributed by atoms with Crippen molar-refractivity contribution >= 4 is 49.5 Å². The second kappa shape index (κ2) is 6.71. The summed E-state index contributed by atoms with van der Waals surface area (Å²) in [6.45, 7) is 0.0535. The zero-order valence-electron chi connectivity index (χ0n) is 14.0. The second-order valence-electron chi connectivity index (χ2n) is 6.14. The molecule has 3 aromatic heterocycles. The SMILES string of the molecule is O=C(O)Cc1nn(Cc2cc3cc(C(F)(F)F)ccc3s2)c(=O)c2cscc12. The van der Waals surface area contributed by atoms with E-state index in [2.05, 4.69) is 5.10 Å². The lowest BCUT2D eigenvalue weighted by atomic mass is 10.1. The Labute approximate surface area is 163 Å². The van der Waals surface area contributed by atoms with Crippen LogP contribution in [-0.2, 0) is 23.9 Å². The molecule has 1 aromatic carbocycles. The molecule has 0 aliphatic rings. The molecule has 0 bridgehead atoms. The van der Waals surface area contributed by atoms with E-state index in [1.165, 1.54) is 33.4 Å². The molecule has 28 heavy (non-hydrogen) atoms. The molecule has 0 aliphatic carbocycles. The highest BCUT2D eigenvalue weighted by Gasteiger charge is 2.30. The molecule has 0 saturated heterocycles. The zero-order chi connectivity index (χ0) is 20.1. The topological polar surface area (TPSA) is 72.2 Å². The number of carboxylic acid groups (broad SMARTS) is 1. The van der Waals surface area contributed by atoms with Crippen molar-refractivity contribution in [3.8, 4) is 0 Å². The van der Waals surface area contributed by atoms with Crippen molar-refractivity contribution in [2.75, 3.05) is 0 Å². The van der Waals surface area contributed by atoms with Crippen LogP contribution in [0.25, 0.3) is 20.9 Å². The number of benzene rings is 1. The fraction of sp³-hybridized carbons (Fsp3) is 0.167. The number of fused-ring (bicyclic) bond motifs is 2. The van der Waals surface area contributed by atoms with Gasteiger partial charge in [0.2, 0.25) is 0 Å². The maximum absolute atomic E-state index is 12.9. The van der Waals surface area contributed by atoms with Gasteiger partial charge in [-0.15, -0.1) is 11.3 Å². The third-order valence-electron chi connectivity index (χ3n) is 4.20. The van der Waals surface area contributed by atoms with E-state index in [-0.39, 0.29) is 24.2 Å². The zero-order valence-corrected chi connectivity index (χ0v) is 15.6. The number of aliphatic carboxylic acids is 1. The van der Waals surface area contributed by atoms with Gasteiger partial charge in [0.05, 0.1) is 29.6 Å². The van der Waals surface area contributed by atoms with Crippen LogP contribution in [0.15, 0.2) is 39.8 Å². The van der Waals surface area contributed by atoms with Gasteiger partial charge in [-0.2, -0.15) is 29.6 Å². The van der Waals surface area contributed by atoms with Gasteiger partial charge in [-0.1, -0.05) is 0 Å². The molecule has 0 fully saturated rings. The lowest BCUT2D eigenvalue weighted by molar-refractivity contribution is -0.138. The molecule has 4 rings (SSSR count). The Morgan fingerprint density at radius 1 is 1.18 bits per heavy atom. The molecule has 0 aliphatic heterocycles. The summed E-state index contributed by atoms with van der Waals surface area (Å²) in [4.78, 5) is 24.4. The molecule has 0 spiro atoms.